The first kappa shape index (κ1) is 37.0. The van der Waals surface area contributed by atoms with Crippen molar-refractivity contribution in [3.63, 3.8) is 0 Å². The zero-order valence-electron chi connectivity index (χ0n) is 23.4. The second-order valence-electron chi connectivity index (χ2n) is 12.0. The Kier molecular flexibility index (Phi) is 19.2. The Morgan fingerprint density at radius 3 is 0.457 bits per heavy atom. The SMILES string of the molecule is C.C.C1CC[N+]2(C1)CCCC2.C1CC[N+]2(CC1)CCCC2.C1CC[N+]2(CC1)CCCCC2.[CH3-].[CH3-].[CH3-]. The lowest BCUT2D eigenvalue weighted by Gasteiger charge is -2.44. The Morgan fingerprint density at radius 1 is 0.200 bits per heavy atom. The van der Waals surface area contributed by atoms with E-state index in [1.165, 1.54) is 188 Å². The summed E-state index contributed by atoms with van der Waals surface area (Å²) < 4.78 is 4.50. The van der Waals surface area contributed by atoms with Gasteiger partial charge >= 0.3 is 0 Å². The van der Waals surface area contributed by atoms with Crippen molar-refractivity contribution < 1.29 is 13.4 Å². The molecule has 35 heavy (non-hydrogen) atoms. The fourth-order valence-corrected chi connectivity index (χ4v) is 7.91. The molecule has 3 spiro atoms. The van der Waals surface area contributed by atoms with Crippen molar-refractivity contribution in [2.45, 2.75) is 111 Å². The molecule has 0 N–H and O–H groups in total. The minimum Gasteiger partial charge on any atom is -0.358 e. The average Bonchev–Trinajstić information content (AvgIpc) is 3.56. The van der Waals surface area contributed by atoms with Crippen molar-refractivity contribution in [1.82, 2.24) is 0 Å². The lowest BCUT2D eigenvalue weighted by molar-refractivity contribution is -0.936. The Bertz CT molecular complexity index is 428. The topological polar surface area (TPSA) is 0 Å². The van der Waals surface area contributed by atoms with Crippen LogP contribution in [-0.2, 0) is 0 Å². The van der Waals surface area contributed by atoms with Gasteiger partial charge in [0.15, 0.2) is 0 Å². The maximum Gasteiger partial charge on any atom is 0.0788 e. The zero-order valence-corrected chi connectivity index (χ0v) is 23.4. The number of rotatable bonds is 0. The van der Waals surface area contributed by atoms with Crippen molar-refractivity contribution in [3.05, 3.63) is 22.3 Å². The lowest BCUT2D eigenvalue weighted by atomic mass is 10.0. The van der Waals surface area contributed by atoms with Gasteiger partial charge in [-0.1, -0.05) is 14.9 Å². The fraction of sp³-hybridized carbons (Fsp3) is 0.906. The molecule has 214 valence electrons. The van der Waals surface area contributed by atoms with Gasteiger partial charge in [0.2, 0.25) is 0 Å². The second-order valence-corrected chi connectivity index (χ2v) is 12.0. The van der Waals surface area contributed by atoms with Crippen molar-refractivity contribution in [2.24, 2.45) is 0 Å². The van der Waals surface area contributed by atoms with Crippen LogP contribution in [0.3, 0.4) is 0 Å². The van der Waals surface area contributed by atoms with Gasteiger partial charge in [0.1, 0.15) is 0 Å². The Hall–Kier alpha value is -0.120. The fourth-order valence-electron chi connectivity index (χ4n) is 7.91. The standard InChI is InChI=1S/C10H20N.C9H18N.C8H16N.2CH4.3CH3/c1-3-7-11(8-4-1)9-5-2-6-10-11;1-2-6-10(7-3-1)8-4-5-9-10;1-2-6-9(5-1)7-3-4-8-9;;;;;/h1-10H2;1-9H2;1-8H2;2*1H4;3*1H3/q3*+1;;;3*-1. The van der Waals surface area contributed by atoms with Gasteiger partial charge in [-0.05, 0) is 57.8 Å². The molecular weight excluding hydrogens is 426 g/mol. The average molecular weight is 498 g/mol. The molecule has 0 atom stereocenters. The van der Waals surface area contributed by atoms with Crippen LogP contribution in [0.25, 0.3) is 0 Å². The van der Waals surface area contributed by atoms with Crippen LogP contribution in [0.5, 0.6) is 0 Å². The summed E-state index contributed by atoms with van der Waals surface area (Å²) in [6, 6.07) is 0. The van der Waals surface area contributed by atoms with Crippen LogP contribution < -0.4 is 0 Å². The van der Waals surface area contributed by atoms with E-state index in [4.69, 9.17) is 0 Å². The predicted molar refractivity (Wildman–Crippen MR) is 161 cm³/mol. The van der Waals surface area contributed by atoms with E-state index in [1.54, 1.807) is 0 Å². The minimum absolute atomic E-state index is 0. The summed E-state index contributed by atoms with van der Waals surface area (Å²) >= 11 is 0. The maximum absolute atomic E-state index is 1.50. The van der Waals surface area contributed by atoms with Crippen LogP contribution in [0, 0.1) is 22.3 Å². The van der Waals surface area contributed by atoms with E-state index in [2.05, 4.69) is 0 Å². The minimum atomic E-state index is 0. The first-order chi connectivity index (χ1) is 14.7. The quantitative estimate of drug-likeness (QED) is 0.235. The van der Waals surface area contributed by atoms with Crippen molar-refractivity contribution in [3.8, 4) is 0 Å². The third-order valence-corrected chi connectivity index (χ3v) is 9.84. The third kappa shape index (κ3) is 10.6. The van der Waals surface area contributed by atoms with Gasteiger partial charge in [-0.25, -0.2) is 0 Å². The first-order valence-corrected chi connectivity index (χ1v) is 14.3. The third-order valence-electron chi connectivity index (χ3n) is 9.84. The Morgan fingerprint density at radius 2 is 0.314 bits per heavy atom. The van der Waals surface area contributed by atoms with Gasteiger partial charge in [0, 0.05) is 38.5 Å². The Balaban J connectivity index is 0. The summed E-state index contributed by atoms with van der Waals surface area (Å²) in [4.78, 5) is 0. The summed E-state index contributed by atoms with van der Waals surface area (Å²) in [6.45, 7) is 18.0. The second kappa shape index (κ2) is 18.2. The smallest absolute Gasteiger partial charge is 0.0788 e. The highest BCUT2D eigenvalue weighted by molar-refractivity contribution is 4.61. The summed E-state index contributed by atoms with van der Waals surface area (Å²) in [6.07, 6.45) is 22.5. The molecule has 6 rings (SSSR count). The Labute approximate surface area is 225 Å². The van der Waals surface area contributed by atoms with E-state index >= 15 is 0 Å². The molecule has 0 amide bonds. The molecular formula is C32H71N3. The van der Waals surface area contributed by atoms with E-state index in [1.807, 2.05) is 0 Å². The highest BCUT2D eigenvalue weighted by atomic mass is 15.4. The number of hydrogen-bond acceptors (Lipinski definition) is 0. The molecule has 3 nitrogen and oxygen atoms in total. The molecule has 6 fully saturated rings. The van der Waals surface area contributed by atoms with Gasteiger partial charge in [0.05, 0.1) is 78.5 Å². The molecule has 0 aliphatic carbocycles. The molecule has 6 aliphatic rings. The summed E-state index contributed by atoms with van der Waals surface area (Å²) in [5, 5.41) is 0. The molecule has 3 heteroatoms. The highest BCUT2D eigenvalue weighted by Crippen LogP contribution is 2.27. The predicted octanol–water partition coefficient (Wildman–Crippen LogP) is 7.97. The van der Waals surface area contributed by atoms with Crippen molar-refractivity contribution in [2.75, 3.05) is 78.5 Å². The number of quaternary nitrogens is 3. The van der Waals surface area contributed by atoms with Crippen molar-refractivity contribution in [1.29, 1.82) is 0 Å². The van der Waals surface area contributed by atoms with E-state index in [0.717, 1.165) is 0 Å². The molecule has 0 aromatic rings. The molecule has 0 radical (unpaired) electrons. The number of nitrogens with zero attached hydrogens (tertiary/aromatic N) is 3. The van der Waals surface area contributed by atoms with Gasteiger partial charge in [-0.15, -0.1) is 0 Å². The zero-order chi connectivity index (χ0) is 20.6. The molecule has 0 aromatic carbocycles. The van der Waals surface area contributed by atoms with E-state index in [0.29, 0.717) is 0 Å². The lowest BCUT2D eigenvalue weighted by Crippen LogP contribution is -2.54. The van der Waals surface area contributed by atoms with Crippen LogP contribution in [0.4, 0.5) is 0 Å². The normalized spacial score (nSPS) is 26.7. The van der Waals surface area contributed by atoms with Crippen LogP contribution in [-0.4, -0.2) is 92.0 Å². The highest BCUT2D eigenvalue weighted by Gasteiger charge is 2.35. The largest absolute Gasteiger partial charge is 0.358 e. The molecule has 0 saturated carbocycles. The number of hydrogen-bond donors (Lipinski definition) is 0. The molecule has 0 unspecified atom stereocenters. The van der Waals surface area contributed by atoms with E-state index < -0.39 is 0 Å². The van der Waals surface area contributed by atoms with E-state index in [9.17, 15) is 0 Å². The van der Waals surface area contributed by atoms with Gasteiger partial charge in [0.25, 0.3) is 0 Å². The summed E-state index contributed by atoms with van der Waals surface area (Å²) in [7, 11) is 0. The van der Waals surface area contributed by atoms with Crippen LogP contribution in [0.15, 0.2) is 0 Å². The monoisotopic (exact) mass is 498 g/mol. The summed E-state index contributed by atoms with van der Waals surface area (Å²) in [5.41, 5.74) is 0. The summed E-state index contributed by atoms with van der Waals surface area (Å²) in [5.74, 6) is 0. The van der Waals surface area contributed by atoms with Crippen LogP contribution >= 0.6 is 0 Å². The maximum atomic E-state index is 1.50. The van der Waals surface area contributed by atoms with E-state index in [-0.39, 0.29) is 37.1 Å². The van der Waals surface area contributed by atoms with Gasteiger partial charge in [-0.3, -0.25) is 0 Å². The van der Waals surface area contributed by atoms with Gasteiger partial charge in [-0.2, -0.15) is 0 Å². The molecule has 0 aromatic heterocycles. The molecule has 6 heterocycles. The van der Waals surface area contributed by atoms with Gasteiger partial charge < -0.3 is 35.7 Å². The van der Waals surface area contributed by atoms with Crippen molar-refractivity contribution >= 4 is 0 Å². The first-order valence-electron chi connectivity index (χ1n) is 14.3. The molecule has 6 saturated heterocycles. The van der Waals surface area contributed by atoms with Crippen LogP contribution in [0.2, 0.25) is 0 Å². The van der Waals surface area contributed by atoms with Crippen LogP contribution in [0.1, 0.15) is 111 Å². The molecule has 0 bridgehead atoms. The molecule has 6 aliphatic heterocycles. The number of piperidine rings is 3.